The Morgan fingerprint density at radius 3 is 1.81 bits per heavy atom. The summed E-state index contributed by atoms with van der Waals surface area (Å²) in [7, 11) is 0. The van der Waals surface area contributed by atoms with E-state index in [1.165, 1.54) is 0 Å². The molecule has 3 aromatic rings. The normalized spacial score (nSPS) is 12.6. The molecule has 0 unspecified atom stereocenters. The maximum Gasteiger partial charge on any atom is 0.414 e. The minimum Gasteiger partial charge on any atom is -0.444 e. The van der Waals surface area contributed by atoms with Gasteiger partial charge in [0.15, 0.2) is 5.96 Å². The molecule has 15 heteroatoms. The van der Waals surface area contributed by atoms with Gasteiger partial charge >= 0.3 is 12.2 Å². The van der Waals surface area contributed by atoms with Crippen LogP contribution in [0.15, 0.2) is 94.9 Å². The van der Waals surface area contributed by atoms with E-state index in [9.17, 15) is 19.2 Å². The number of ether oxygens (including phenoxy) is 2. The number of unbranched alkanes of at least 4 members (excludes halogenated alkanes) is 1. The molecule has 0 bridgehead atoms. The fourth-order valence-corrected chi connectivity index (χ4v) is 5.21. The SMILES string of the molecule is CC(C)(C)OC(=O)NC(=NCCCCNC(=O)[C@@H](Cc1ccc(-c2ccccc2)cc1)NC(=O)[C@H](N)CCCN=C(N)Nc1ccccc1)NC(=O)OC(C)(C)C. The van der Waals surface area contributed by atoms with Crippen LogP contribution in [0.4, 0.5) is 15.3 Å². The van der Waals surface area contributed by atoms with Gasteiger partial charge in [0.25, 0.3) is 0 Å². The number of nitrogens with one attached hydrogen (secondary N) is 5. The molecule has 3 aromatic carbocycles. The molecule has 9 N–H and O–H groups in total. The number of anilines is 1. The largest absolute Gasteiger partial charge is 0.444 e. The van der Waals surface area contributed by atoms with E-state index in [1.807, 2.05) is 84.9 Å². The van der Waals surface area contributed by atoms with Crippen molar-refractivity contribution >= 4 is 41.6 Å². The van der Waals surface area contributed by atoms with Crippen LogP contribution in [-0.2, 0) is 25.5 Å². The fraction of sp³-hybridized carbons (Fsp3) is 0.429. The summed E-state index contributed by atoms with van der Waals surface area (Å²) in [5, 5.41) is 13.7. The number of guanidine groups is 2. The van der Waals surface area contributed by atoms with Gasteiger partial charge in [-0.15, -0.1) is 0 Å². The lowest BCUT2D eigenvalue weighted by atomic mass is 10.00. The zero-order chi connectivity index (χ0) is 41.8. The Morgan fingerprint density at radius 1 is 0.684 bits per heavy atom. The Hall–Kier alpha value is -5.96. The number of carbonyl (C=O) groups excluding carboxylic acids is 4. The summed E-state index contributed by atoms with van der Waals surface area (Å²) in [4.78, 5) is 60.2. The molecule has 0 saturated carbocycles. The van der Waals surface area contributed by atoms with Gasteiger partial charge in [0, 0.05) is 31.7 Å². The van der Waals surface area contributed by atoms with Crippen molar-refractivity contribution in [2.45, 2.75) is 96.9 Å². The molecule has 0 radical (unpaired) electrons. The van der Waals surface area contributed by atoms with Gasteiger partial charge in [0.1, 0.15) is 17.2 Å². The van der Waals surface area contributed by atoms with Crippen molar-refractivity contribution in [2.75, 3.05) is 25.0 Å². The van der Waals surface area contributed by atoms with E-state index in [0.717, 1.165) is 22.4 Å². The Labute approximate surface area is 335 Å². The van der Waals surface area contributed by atoms with Gasteiger partial charge in [-0.1, -0.05) is 72.8 Å². The molecule has 0 fully saturated rings. The third kappa shape index (κ3) is 19.0. The lowest BCUT2D eigenvalue weighted by molar-refractivity contribution is -0.129. The smallest absolute Gasteiger partial charge is 0.414 e. The summed E-state index contributed by atoms with van der Waals surface area (Å²) in [6, 6.07) is 25.4. The van der Waals surface area contributed by atoms with Crippen LogP contribution < -0.4 is 38.1 Å². The molecular weight excluding hydrogens is 727 g/mol. The highest BCUT2D eigenvalue weighted by molar-refractivity contribution is 6.01. The predicted molar refractivity (Wildman–Crippen MR) is 225 cm³/mol. The number of para-hydroxylation sites is 1. The zero-order valence-electron chi connectivity index (χ0n) is 33.9. The topological polar surface area (TPSA) is 224 Å². The lowest BCUT2D eigenvalue weighted by Gasteiger charge is -2.22. The molecule has 3 rings (SSSR count). The molecule has 2 atom stereocenters. The summed E-state index contributed by atoms with van der Waals surface area (Å²) in [6.45, 7) is 11.1. The fourth-order valence-electron chi connectivity index (χ4n) is 5.21. The summed E-state index contributed by atoms with van der Waals surface area (Å²) in [5.41, 5.74) is 14.5. The summed E-state index contributed by atoms with van der Waals surface area (Å²) in [5.74, 6) is -0.683. The first kappa shape index (κ1) is 45.4. The molecule has 4 amide bonds. The monoisotopic (exact) mass is 785 g/mol. The first-order valence-corrected chi connectivity index (χ1v) is 19.1. The van der Waals surface area contributed by atoms with Crippen LogP contribution in [0.2, 0.25) is 0 Å². The number of carbonyl (C=O) groups is 4. The van der Waals surface area contributed by atoms with E-state index >= 15 is 0 Å². The second-order valence-electron chi connectivity index (χ2n) is 15.3. The molecule has 0 saturated heterocycles. The van der Waals surface area contributed by atoms with Crippen molar-refractivity contribution in [1.82, 2.24) is 21.3 Å². The van der Waals surface area contributed by atoms with Gasteiger partial charge in [-0.25, -0.2) is 9.59 Å². The number of benzene rings is 3. The number of nitrogens with two attached hydrogens (primary N) is 2. The maximum absolute atomic E-state index is 13.5. The van der Waals surface area contributed by atoms with Crippen LogP contribution in [-0.4, -0.2) is 78.8 Å². The van der Waals surface area contributed by atoms with Crippen molar-refractivity contribution < 1.29 is 28.7 Å². The number of alkyl carbamates (subject to hydrolysis) is 2. The van der Waals surface area contributed by atoms with Gasteiger partial charge < -0.3 is 36.9 Å². The third-order valence-electron chi connectivity index (χ3n) is 7.86. The van der Waals surface area contributed by atoms with E-state index in [0.29, 0.717) is 32.2 Å². The second-order valence-corrected chi connectivity index (χ2v) is 15.3. The van der Waals surface area contributed by atoms with Gasteiger partial charge in [-0.2, -0.15) is 0 Å². The average molecular weight is 786 g/mol. The Bertz CT molecular complexity index is 1760. The van der Waals surface area contributed by atoms with Gasteiger partial charge in [-0.3, -0.25) is 30.2 Å². The lowest BCUT2D eigenvalue weighted by Crippen LogP contribution is -2.52. The quantitative estimate of drug-likeness (QED) is 0.0574. The van der Waals surface area contributed by atoms with Crippen molar-refractivity contribution in [3.8, 4) is 11.1 Å². The highest BCUT2D eigenvalue weighted by Crippen LogP contribution is 2.20. The molecule has 0 aliphatic heterocycles. The molecule has 15 nitrogen and oxygen atoms in total. The third-order valence-corrected chi connectivity index (χ3v) is 7.86. The van der Waals surface area contributed by atoms with E-state index in [2.05, 4.69) is 36.6 Å². The maximum atomic E-state index is 13.5. The number of nitrogens with zero attached hydrogens (tertiary/aromatic N) is 2. The molecule has 0 spiro atoms. The van der Waals surface area contributed by atoms with Crippen molar-refractivity contribution in [2.24, 2.45) is 21.5 Å². The van der Waals surface area contributed by atoms with Crippen LogP contribution in [0.3, 0.4) is 0 Å². The van der Waals surface area contributed by atoms with E-state index < -0.39 is 41.4 Å². The number of hydrogen-bond acceptors (Lipinski definition) is 9. The Kier molecular flexibility index (Phi) is 18.0. The first-order valence-electron chi connectivity index (χ1n) is 19.1. The van der Waals surface area contributed by atoms with E-state index in [-0.39, 0.29) is 37.3 Å². The Morgan fingerprint density at radius 2 is 1.23 bits per heavy atom. The minimum absolute atomic E-state index is 0.126. The van der Waals surface area contributed by atoms with Crippen LogP contribution in [0.25, 0.3) is 11.1 Å². The summed E-state index contributed by atoms with van der Waals surface area (Å²) in [6.07, 6.45) is 0.507. The molecule has 308 valence electrons. The van der Waals surface area contributed by atoms with E-state index in [1.54, 1.807) is 41.5 Å². The summed E-state index contributed by atoms with van der Waals surface area (Å²) >= 11 is 0. The highest BCUT2D eigenvalue weighted by atomic mass is 16.6. The van der Waals surface area contributed by atoms with Crippen LogP contribution in [0, 0.1) is 0 Å². The van der Waals surface area contributed by atoms with Gasteiger partial charge in [0.2, 0.25) is 17.8 Å². The van der Waals surface area contributed by atoms with Crippen molar-refractivity contribution in [3.63, 3.8) is 0 Å². The number of amides is 4. The molecule has 0 aliphatic carbocycles. The Balaban J connectivity index is 1.59. The summed E-state index contributed by atoms with van der Waals surface area (Å²) < 4.78 is 10.6. The van der Waals surface area contributed by atoms with Crippen LogP contribution >= 0.6 is 0 Å². The zero-order valence-corrected chi connectivity index (χ0v) is 33.9. The molecule has 57 heavy (non-hydrogen) atoms. The molecule has 0 heterocycles. The standard InChI is InChI=1S/C42H59N9O6/c1-41(2,3)56-39(54)50-38(51-40(55)57-42(4,5)6)47-26-14-13-25-45-36(53)34(28-29-21-23-31(24-22-29)30-16-9-7-10-17-30)49-35(52)33(43)20-15-27-46-37(44)48-32-18-11-8-12-19-32/h7-12,16-19,21-24,33-34H,13-15,20,25-28,43H2,1-6H3,(H,45,53)(H,49,52)(H3,44,46,48)(H2,47,50,51,54,55)/t33-,34-/m1/s1. The van der Waals surface area contributed by atoms with Crippen molar-refractivity contribution in [3.05, 3.63) is 90.5 Å². The van der Waals surface area contributed by atoms with Crippen molar-refractivity contribution in [1.29, 1.82) is 0 Å². The predicted octanol–water partition coefficient (Wildman–Crippen LogP) is 5.22. The number of rotatable bonds is 16. The average Bonchev–Trinajstić information content (AvgIpc) is 3.13. The number of aliphatic imine (C=N–C) groups is 2. The first-order chi connectivity index (χ1) is 27.0. The van der Waals surface area contributed by atoms with E-state index in [4.69, 9.17) is 20.9 Å². The van der Waals surface area contributed by atoms with Gasteiger partial charge in [-0.05, 0) is 96.0 Å². The highest BCUT2D eigenvalue weighted by Gasteiger charge is 2.25. The molecular formula is C42H59N9O6. The minimum atomic E-state index is -0.893. The van der Waals surface area contributed by atoms with Gasteiger partial charge in [0.05, 0.1) is 6.04 Å². The molecule has 0 aliphatic rings. The second kappa shape index (κ2) is 22.6. The number of hydrogen-bond donors (Lipinski definition) is 7. The molecule has 0 aromatic heterocycles. The van der Waals surface area contributed by atoms with Crippen LogP contribution in [0.5, 0.6) is 0 Å². The van der Waals surface area contributed by atoms with Crippen LogP contribution in [0.1, 0.15) is 72.8 Å².